The summed E-state index contributed by atoms with van der Waals surface area (Å²) < 4.78 is 0. The summed E-state index contributed by atoms with van der Waals surface area (Å²) in [5, 5.41) is 6.22. The molecule has 1 aliphatic rings. The lowest BCUT2D eigenvalue weighted by Gasteiger charge is -2.20. The van der Waals surface area contributed by atoms with Crippen LogP contribution in [-0.4, -0.2) is 28.5 Å². The number of hydrogen-bond donors (Lipinski definition) is 3. The Labute approximate surface area is 101 Å². The first-order valence-electron chi connectivity index (χ1n) is 6.35. The number of nitrogens with zero attached hydrogens (tertiary/aromatic N) is 1. The molecule has 0 radical (unpaired) electrons. The molecule has 5 nitrogen and oxygen atoms in total. The zero-order valence-electron chi connectivity index (χ0n) is 10.0. The minimum Gasteiger partial charge on any atom is -0.348 e. The summed E-state index contributed by atoms with van der Waals surface area (Å²) in [6, 6.07) is -0.0368. The molecular weight excluding hydrogens is 216 g/mol. The second-order valence-electron chi connectivity index (χ2n) is 4.46. The number of imidazole rings is 1. The van der Waals surface area contributed by atoms with Crippen LogP contribution in [0.25, 0.3) is 0 Å². The van der Waals surface area contributed by atoms with Gasteiger partial charge in [0.1, 0.15) is 5.82 Å². The molecule has 0 saturated carbocycles. The van der Waals surface area contributed by atoms with Crippen molar-refractivity contribution < 1.29 is 4.79 Å². The van der Waals surface area contributed by atoms with Gasteiger partial charge in [-0.05, 0) is 19.4 Å². The molecule has 1 atom stereocenters. The van der Waals surface area contributed by atoms with Crippen LogP contribution in [0.15, 0.2) is 12.4 Å². The molecule has 2 rings (SSSR count). The summed E-state index contributed by atoms with van der Waals surface area (Å²) in [5.41, 5.74) is 0. The van der Waals surface area contributed by atoms with Gasteiger partial charge in [-0.15, -0.1) is 0 Å². The van der Waals surface area contributed by atoms with Gasteiger partial charge in [0.2, 0.25) is 5.91 Å². The normalized spacial score (nSPS) is 21.5. The maximum Gasteiger partial charge on any atom is 0.237 e. The fourth-order valence-electron chi connectivity index (χ4n) is 2.12. The monoisotopic (exact) mass is 236 g/mol. The number of hydrogen-bond acceptors (Lipinski definition) is 3. The first-order chi connectivity index (χ1) is 8.36. The molecule has 17 heavy (non-hydrogen) atoms. The number of carbonyl (C=O) groups is 1. The number of carbonyl (C=O) groups excluding carboxylic acids is 1. The van der Waals surface area contributed by atoms with E-state index in [-0.39, 0.29) is 11.9 Å². The summed E-state index contributed by atoms with van der Waals surface area (Å²) in [7, 11) is 0. The molecule has 2 heterocycles. The molecule has 1 amide bonds. The lowest BCUT2D eigenvalue weighted by molar-refractivity contribution is -0.123. The molecule has 0 aliphatic carbocycles. The molecule has 1 aromatic heterocycles. The van der Waals surface area contributed by atoms with Gasteiger partial charge in [-0.25, -0.2) is 4.98 Å². The molecule has 1 unspecified atom stereocenters. The van der Waals surface area contributed by atoms with Gasteiger partial charge in [0.25, 0.3) is 0 Å². The van der Waals surface area contributed by atoms with Gasteiger partial charge in [-0.1, -0.05) is 19.3 Å². The highest BCUT2D eigenvalue weighted by Crippen LogP contribution is 2.09. The van der Waals surface area contributed by atoms with Gasteiger partial charge < -0.3 is 15.6 Å². The van der Waals surface area contributed by atoms with Crippen molar-refractivity contribution in [2.45, 2.75) is 44.7 Å². The summed E-state index contributed by atoms with van der Waals surface area (Å²) in [6.07, 6.45) is 9.19. The molecule has 1 saturated heterocycles. The van der Waals surface area contributed by atoms with E-state index < -0.39 is 0 Å². The Hall–Kier alpha value is -1.36. The van der Waals surface area contributed by atoms with Gasteiger partial charge in [0.05, 0.1) is 12.6 Å². The van der Waals surface area contributed by atoms with E-state index in [9.17, 15) is 4.79 Å². The van der Waals surface area contributed by atoms with Crippen molar-refractivity contribution in [2.24, 2.45) is 0 Å². The van der Waals surface area contributed by atoms with Gasteiger partial charge in [-0.2, -0.15) is 0 Å². The van der Waals surface area contributed by atoms with E-state index in [1.54, 1.807) is 12.4 Å². The van der Waals surface area contributed by atoms with E-state index in [4.69, 9.17) is 0 Å². The van der Waals surface area contributed by atoms with Crippen LogP contribution in [0.4, 0.5) is 0 Å². The highest BCUT2D eigenvalue weighted by Gasteiger charge is 2.18. The van der Waals surface area contributed by atoms with Crippen molar-refractivity contribution in [3.8, 4) is 0 Å². The predicted molar refractivity (Wildman–Crippen MR) is 65.3 cm³/mol. The van der Waals surface area contributed by atoms with Gasteiger partial charge in [-0.3, -0.25) is 4.79 Å². The minimum atomic E-state index is -0.0368. The number of aromatic nitrogens is 2. The Balaban J connectivity index is 1.77. The minimum absolute atomic E-state index is 0.0368. The van der Waals surface area contributed by atoms with E-state index in [1.807, 2.05) is 0 Å². The molecule has 3 N–H and O–H groups in total. The maximum absolute atomic E-state index is 11.9. The average molecular weight is 236 g/mol. The van der Waals surface area contributed by atoms with Crippen LogP contribution in [-0.2, 0) is 11.3 Å². The zero-order valence-corrected chi connectivity index (χ0v) is 10.0. The number of rotatable bonds is 3. The lowest BCUT2D eigenvalue weighted by atomic mass is 10.0. The second kappa shape index (κ2) is 6.39. The van der Waals surface area contributed by atoms with Crippen molar-refractivity contribution in [3.05, 3.63) is 18.2 Å². The first kappa shape index (κ1) is 12.1. The molecule has 0 bridgehead atoms. The SMILES string of the molecule is O=C(NCc1ncc[nH]1)C1CCCCCCN1. The highest BCUT2D eigenvalue weighted by atomic mass is 16.2. The number of H-pyrrole nitrogens is 1. The second-order valence-corrected chi connectivity index (χ2v) is 4.46. The zero-order chi connectivity index (χ0) is 11.9. The Morgan fingerprint density at radius 1 is 1.41 bits per heavy atom. The third kappa shape index (κ3) is 3.85. The third-order valence-corrected chi connectivity index (χ3v) is 3.11. The van der Waals surface area contributed by atoms with Crippen LogP contribution in [0.5, 0.6) is 0 Å². The van der Waals surface area contributed by atoms with Crippen molar-refractivity contribution >= 4 is 5.91 Å². The van der Waals surface area contributed by atoms with Gasteiger partial charge >= 0.3 is 0 Å². The molecular formula is C12H20N4O. The standard InChI is InChI=1S/C12H20N4O/c17-12(16-9-11-14-7-8-15-11)10-5-3-1-2-4-6-13-10/h7-8,10,13H,1-6,9H2,(H,14,15)(H,16,17). The van der Waals surface area contributed by atoms with Gasteiger partial charge in [0.15, 0.2) is 0 Å². The fourth-order valence-corrected chi connectivity index (χ4v) is 2.12. The van der Waals surface area contributed by atoms with E-state index >= 15 is 0 Å². The predicted octanol–water partition coefficient (Wildman–Crippen LogP) is 0.948. The fraction of sp³-hybridized carbons (Fsp3) is 0.667. The van der Waals surface area contributed by atoms with Crippen LogP contribution in [0.1, 0.15) is 37.9 Å². The van der Waals surface area contributed by atoms with Crippen LogP contribution < -0.4 is 10.6 Å². The van der Waals surface area contributed by atoms with Crippen LogP contribution in [0.2, 0.25) is 0 Å². The maximum atomic E-state index is 11.9. The molecule has 0 aromatic carbocycles. The van der Waals surface area contributed by atoms with Crippen molar-refractivity contribution in [2.75, 3.05) is 6.54 Å². The van der Waals surface area contributed by atoms with E-state index in [1.165, 1.54) is 19.3 Å². The van der Waals surface area contributed by atoms with E-state index in [0.29, 0.717) is 6.54 Å². The largest absolute Gasteiger partial charge is 0.348 e. The molecule has 1 fully saturated rings. The highest BCUT2D eigenvalue weighted by molar-refractivity contribution is 5.81. The molecule has 1 aliphatic heterocycles. The number of aromatic amines is 1. The third-order valence-electron chi connectivity index (χ3n) is 3.11. The van der Waals surface area contributed by atoms with Crippen molar-refractivity contribution in [1.29, 1.82) is 0 Å². The summed E-state index contributed by atoms with van der Waals surface area (Å²) >= 11 is 0. The molecule has 5 heteroatoms. The Bertz CT molecular complexity index is 328. The van der Waals surface area contributed by atoms with Gasteiger partial charge in [0, 0.05) is 12.4 Å². The van der Waals surface area contributed by atoms with E-state index in [0.717, 1.165) is 25.2 Å². The Kier molecular flexibility index (Phi) is 4.55. The summed E-state index contributed by atoms with van der Waals surface area (Å²) in [5.74, 6) is 0.882. The average Bonchev–Trinajstić information content (AvgIpc) is 2.78. The Morgan fingerprint density at radius 2 is 2.29 bits per heavy atom. The summed E-state index contributed by atoms with van der Waals surface area (Å²) in [4.78, 5) is 19.0. The van der Waals surface area contributed by atoms with Crippen molar-refractivity contribution in [1.82, 2.24) is 20.6 Å². The molecule has 0 spiro atoms. The number of nitrogens with one attached hydrogen (secondary N) is 3. The summed E-state index contributed by atoms with van der Waals surface area (Å²) in [6.45, 7) is 1.42. The quantitative estimate of drug-likeness (QED) is 0.731. The van der Waals surface area contributed by atoms with E-state index in [2.05, 4.69) is 20.6 Å². The van der Waals surface area contributed by atoms with Crippen LogP contribution in [0, 0.1) is 0 Å². The van der Waals surface area contributed by atoms with Crippen molar-refractivity contribution in [3.63, 3.8) is 0 Å². The smallest absolute Gasteiger partial charge is 0.237 e. The Morgan fingerprint density at radius 3 is 3.12 bits per heavy atom. The lowest BCUT2D eigenvalue weighted by Crippen LogP contribution is -2.44. The van der Waals surface area contributed by atoms with Crippen LogP contribution in [0.3, 0.4) is 0 Å². The van der Waals surface area contributed by atoms with Crippen LogP contribution >= 0.6 is 0 Å². The first-order valence-corrected chi connectivity index (χ1v) is 6.35. The molecule has 1 aromatic rings. The molecule has 94 valence electrons. The number of amides is 1. The topological polar surface area (TPSA) is 69.8 Å².